The monoisotopic (exact) mass is 460 g/mol. The molecule has 4 aromatic rings. The van der Waals surface area contributed by atoms with E-state index in [1.54, 1.807) is 0 Å². The largest absolute Gasteiger partial charge is 0.319 e. The highest BCUT2D eigenvalue weighted by Crippen LogP contribution is 2.52. The third-order valence-corrected chi connectivity index (χ3v) is 8.25. The molecular weight excluding hydrogens is 435 g/mol. The molecule has 3 aromatic carbocycles. The molecule has 0 aliphatic heterocycles. The Kier molecular flexibility index (Phi) is 4.97. The molecule has 3 nitrogen and oxygen atoms in total. The number of benzene rings is 3. The van der Waals surface area contributed by atoms with Crippen molar-refractivity contribution in [3.05, 3.63) is 114 Å². The molecule has 0 radical (unpaired) electrons. The van der Waals surface area contributed by atoms with Gasteiger partial charge >= 0.3 is 0 Å². The van der Waals surface area contributed by atoms with E-state index in [0.717, 1.165) is 39.2 Å². The van der Waals surface area contributed by atoms with E-state index in [4.69, 9.17) is 9.97 Å². The van der Waals surface area contributed by atoms with Crippen LogP contribution in [0.15, 0.2) is 102 Å². The predicted octanol–water partition coefficient (Wildman–Crippen LogP) is 7.77. The first-order chi connectivity index (χ1) is 16.5. The van der Waals surface area contributed by atoms with Gasteiger partial charge in [-0.15, -0.1) is 0 Å². The van der Waals surface area contributed by atoms with Gasteiger partial charge in [0.25, 0.3) is 0 Å². The minimum atomic E-state index is -2.38. The quantitative estimate of drug-likeness (QED) is 0.293. The van der Waals surface area contributed by atoms with Crippen molar-refractivity contribution in [1.29, 1.82) is 0 Å². The fraction of sp³-hybridized carbons (Fsp3) is 0.133. The van der Waals surface area contributed by atoms with Crippen LogP contribution < -0.4 is 0 Å². The van der Waals surface area contributed by atoms with Gasteiger partial charge in [0.05, 0.1) is 11.4 Å². The summed E-state index contributed by atoms with van der Waals surface area (Å²) >= 11 is 0. The van der Waals surface area contributed by atoms with Gasteiger partial charge in [0.15, 0.2) is 5.82 Å². The van der Waals surface area contributed by atoms with Crippen molar-refractivity contribution in [3.63, 3.8) is 0 Å². The van der Waals surface area contributed by atoms with E-state index in [-0.39, 0.29) is 11.8 Å². The minimum Gasteiger partial charge on any atom is -0.319 e. The second kappa shape index (κ2) is 8.04. The number of rotatable bonds is 3. The second-order valence-electron chi connectivity index (χ2n) is 9.39. The van der Waals surface area contributed by atoms with Crippen LogP contribution in [-0.4, -0.2) is 23.3 Å². The Morgan fingerprint density at radius 3 is 2.29 bits per heavy atom. The average molecular weight is 461 g/mol. The van der Waals surface area contributed by atoms with Crippen LogP contribution in [0.5, 0.6) is 0 Å². The van der Waals surface area contributed by atoms with Crippen molar-refractivity contribution in [2.45, 2.75) is 5.92 Å². The summed E-state index contributed by atoms with van der Waals surface area (Å²) in [6.07, 6.45) is 10.7. The molecule has 6 rings (SSSR count). The fourth-order valence-electron chi connectivity index (χ4n) is 4.87. The highest BCUT2D eigenvalue weighted by atomic mass is 31.2. The van der Waals surface area contributed by atoms with Crippen molar-refractivity contribution in [1.82, 2.24) is 9.97 Å². The molecule has 2 aliphatic rings. The highest BCUT2D eigenvalue weighted by Gasteiger charge is 2.32. The molecule has 0 bridgehead atoms. The Balaban J connectivity index is 1.60. The van der Waals surface area contributed by atoms with E-state index in [2.05, 4.69) is 78.9 Å². The molecule has 0 spiro atoms. The zero-order valence-corrected chi connectivity index (χ0v) is 20.1. The van der Waals surface area contributed by atoms with Crippen LogP contribution in [-0.2, 0) is 4.57 Å². The van der Waals surface area contributed by atoms with E-state index in [9.17, 15) is 4.57 Å². The molecule has 1 aromatic heterocycles. The molecule has 0 N–H and O–H groups in total. The van der Waals surface area contributed by atoms with Gasteiger partial charge in [-0.2, -0.15) is 0 Å². The molecule has 0 amide bonds. The number of nitrogens with zero attached hydrogens (tertiary/aromatic N) is 2. The number of hydrogen-bond donors (Lipinski definition) is 0. The number of allylic oxidation sites excluding steroid dienone is 5. The molecule has 1 heterocycles. The van der Waals surface area contributed by atoms with E-state index in [1.807, 2.05) is 37.6 Å². The number of hydrogen-bond acceptors (Lipinski definition) is 3. The van der Waals surface area contributed by atoms with Gasteiger partial charge in [-0.3, -0.25) is 0 Å². The van der Waals surface area contributed by atoms with Crippen LogP contribution in [0.1, 0.15) is 17.2 Å². The van der Waals surface area contributed by atoms with Crippen molar-refractivity contribution < 1.29 is 4.57 Å². The van der Waals surface area contributed by atoms with Crippen molar-refractivity contribution in [2.75, 3.05) is 13.3 Å². The summed E-state index contributed by atoms with van der Waals surface area (Å²) in [6.45, 7) is 3.66. The predicted molar refractivity (Wildman–Crippen MR) is 142 cm³/mol. The van der Waals surface area contributed by atoms with E-state index < -0.39 is 7.14 Å². The second-order valence-corrected chi connectivity index (χ2v) is 12.6. The molecule has 0 saturated heterocycles. The number of aromatic nitrogens is 2. The zero-order chi connectivity index (χ0) is 23.3. The Labute approximate surface area is 200 Å². The summed E-state index contributed by atoms with van der Waals surface area (Å²) in [5.74, 6) is 0.959. The first-order valence-electron chi connectivity index (χ1n) is 11.6. The normalized spacial score (nSPS) is 18.9. The summed E-state index contributed by atoms with van der Waals surface area (Å²) in [5, 5.41) is 3.31. The van der Waals surface area contributed by atoms with Crippen LogP contribution in [0.2, 0.25) is 0 Å². The maximum absolute atomic E-state index is 12.9. The molecule has 2 atom stereocenters. The maximum Gasteiger partial charge on any atom is 0.160 e. The lowest BCUT2D eigenvalue weighted by atomic mass is 9.79. The van der Waals surface area contributed by atoms with Crippen LogP contribution >= 0.6 is 7.14 Å². The Bertz CT molecular complexity index is 1560. The van der Waals surface area contributed by atoms with Crippen LogP contribution in [0, 0.1) is 5.92 Å². The first-order valence-corrected chi connectivity index (χ1v) is 14.2. The molecule has 0 fully saturated rings. The Morgan fingerprint density at radius 1 is 0.765 bits per heavy atom. The van der Waals surface area contributed by atoms with Crippen LogP contribution in [0.4, 0.5) is 0 Å². The standard InChI is InChI=1S/C30H25N2OP/c1-34(2,33)25-16-14-21-15-17-26-28(24-13-12-20-8-6-7-11-23(20)18-24)31-30(22-9-4-3-5-10-22)32-29(26)27(21)19-25/h3-19,21,27H,1-2H3/t21?,27-/m1/s1. The summed E-state index contributed by atoms with van der Waals surface area (Å²) < 4.78 is 12.9. The molecule has 4 heteroatoms. The molecule has 2 aliphatic carbocycles. The van der Waals surface area contributed by atoms with E-state index in [0.29, 0.717) is 0 Å². The lowest BCUT2D eigenvalue weighted by Gasteiger charge is -2.30. The smallest absolute Gasteiger partial charge is 0.160 e. The number of fused-ring (bicyclic) bond motifs is 4. The Hall–Kier alpha value is -3.55. The topological polar surface area (TPSA) is 42.9 Å². The first kappa shape index (κ1) is 21.0. The highest BCUT2D eigenvalue weighted by molar-refractivity contribution is 7.66. The van der Waals surface area contributed by atoms with E-state index in [1.165, 1.54) is 10.8 Å². The minimum absolute atomic E-state index is 0.0397. The lowest BCUT2D eigenvalue weighted by Crippen LogP contribution is -2.18. The van der Waals surface area contributed by atoms with Gasteiger partial charge in [0.2, 0.25) is 0 Å². The summed E-state index contributed by atoms with van der Waals surface area (Å²) in [4.78, 5) is 10.2. The maximum atomic E-state index is 12.9. The third kappa shape index (κ3) is 3.67. The molecule has 0 saturated carbocycles. The summed E-state index contributed by atoms with van der Waals surface area (Å²) in [7, 11) is -2.38. The van der Waals surface area contributed by atoms with Crippen molar-refractivity contribution in [3.8, 4) is 22.6 Å². The van der Waals surface area contributed by atoms with Crippen LogP contribution in [0.3, 0.4) is 0 Å². The van der Waals surface area contributed by atoms with Crippen molar-refractivity contribution in [2.24, 2.45) is 5.92 Å². The zero-order valence-electron chi connectivity index (χ0n) is 19.2. The van der Waals surface area contributed by atoms with Gasteiger partial charge in [0, 0.05) is 33.8 Å². The molecule has 34 heavy (non-hydrogen) atoms. The SMILES string of the molecule is CP(C)(=O)C1=C[C@H]2c3nc(-c4ccccc4)nc(-c4ccc5ccccc5c4)c3C=CC2C=C1. The van der Waals surface area contributed by atoms with Gasteiger partial charge in [0.1, 0.15) is 7.14 Å². The van der Waals surface area contributed by atoms with Gasteiger partial charge < -0.3 is 4.57 Å². The third-order valence-electron chi connectivity index (χ3n) is 6.71. The molecule has 1 unspecified atom stereocenters. The fourth-order valence-corrected chi connectivity index (χ4v) is 5.83. The van der Waals surface area contributed by atoms with Gasteiger partial charge in [-0.1, -0.05) is 97.1 Å². The molecular formula is C30H25N2OP. The Morgan fingerprint density at radius 2 is 1.50 bits per heavy atom. The van der Waals surface area contributed by atoms with Gasteiger partial charge in [-0.25, -0.2) is 9.97 Å². The molecule has 166 valence electrons. The summed E-state index contributed by atoms with van der Waals surface area (Å²) in [6, 6.07) is 25.0. The van der Waals surface area contributed by atoms with Crippen molar-refractivity contribution >= 4 is 24.0 Å². The van der Waals surface area contributed by atoms with Crippen LogP contribution in [0.25, 0.3) is 39.5 Å². The summed E-state index contributed by atoms with van der Waals surface area (Å²) in [5.41, 5.74) is 5.05. The van der Waals surface area contributed by atoms with E-state index >= 15 is 0 Å². The average Bonchev–Trinajstić information content (AvgIpc) is 2.87. The lowest BCUT2D eigenvalue weighted by molar-refractivity contribution is 0.585. The van der Waals surface area contributed by atoms with Gasteiger partial charge in [-0.05, 0) is 30.2 Å².